The Morgan fingerprint density at radius 1 is 0.825 bits per heavy atom. The van der Waals surface area contributed by atoms with Gasteiger partial charge >= 0.3 is 0 Å². The van der Waals surface area contributed by atoms with Gasteiger partial charge < -0.3 is 19.5 Å². The highest BCUT2D eigenvalue weighted by molar-refractivity contribution is 6.07. The number of rotatable bonds is 7. The van der Waals surface area contributed by atoms with Crippen LogP contribution >= 0.6 is 0 Å². The number of nitrogens with one attached hydrogen (secondary N) is 1. The summed E-state index contributed by atoms with van der Waals surface area (Å²) in [5.41, 5.74) is 4.27. The van der Waals surface area contributed by atoms with Crippen molar-refractivity contribution in [3.8, 4) is 0 Å². The van der Waals surface area contributed by atoms with E-state index in [4.69, 9.17) is 4.74 Å². The average molecular weight is 542 g/mol. The number of para-hydroxylation sites is 1. The zero-order valence-corrected chi connectivity index (χ0v) is 23.7. The van der Waals surface area contributed by atoms with Crippen LogP contribution in [0.15, 0.2) is 54.7 Å². The lowest BCUT2D eigenvalue weighted by atomic mass is 9.78. The molecule has 0 spiro atoms. The van der Waals surface area contributed by atoms with Gasteiger partial charge in [0.2, 0.25) is 5.91 Å². The molecular formula is C34H43N3O3. The first kappa shape index (κ1) is 27.1. The largest absolute Gasteiger partial charge is 0.378 e. The predicted molar refractivity (Wildman–Crippen MR) is 160 cm³/mol. The first-order valence-electron chi connectivity index (χ1n) is 15.5. The molecule has 2 amide bonds. The van der Waals surface area contributed by atoms with Gasteiger partial charge in [-0.05, 0) is 80.0 Å². The molecule has 0 unspecified atom stereocenters. The van der Waals surface area contributed by atoms with Crippen LogP contribution in [0.1, 0.15) is 86.0 Å². The molecule has 2 saturated carbocycles. The Balaban J connectivity index is 1.04. The quantitative estimate of drug-likeness (QED) is 0.350. The van der Waals surface area contributed by atoms with E-state index >= 15 is 0 Å². The lowest BCUT2D eigenvalue weighted by molar-refractivity contribution is -0.117. The van der Waals surface area contributed by atoms with Gasteiger partial charge in [-0.3, -0.25) is 9.59 Å². The first-order chi connectivity index (χ1) is 19.6. The number of fused-ring (bicyclic) bond motifs is 1. The maximum atomic E-state index is 13.3. The number of anilines is 1. The van der Waals surface area contributed by atoms with Crippen molar-refractivity contribution in [2.45, 2.75) is 76.7 Å². The average Bonchev–Trinajstić information content (AvgIpc) is 3.37. The van der Waals surface area contributed by atoms with Crippen molar-refractivity contribution in [3.63, 3.8) is 0 Å². The molecule has 6 heteroatoms. The molecule has 6 rings (SSSR count). The third-order valence-electron chi connectivity index (χ3n) is 9.48. The van der Waals surface area contributed by atoms with Crippen LogP contribution in [-0.2, 0) is 16.1 Å². The first-order valence-corrected chi connectivity index (χ1v) is 15.5. The minimum absolute atomic E-state index is 0.121. The van der Waals surface area contributed by atoms with Crippen LogP contribution in [0.25, 0.3) is 10.9 Å². The smallest absolute Gasteiger partial charge is 0.256 e. The van der Waals surface area contributed by atoms with E-state index in [2.05, 4.69) is 58.5 Å². The fourth-order valence-electron chi connectivity index (χ4n) is 7.17. The number of carbonyl (C=O) groups excluding carboxylic acids is 2. The Kier molecular flexibility index (Phi) is 8.52. The lowest BCUT2D eigenvalue weighted by Gasteiger charge is -2.29. The molecule has 1 saturated heterocycles. The fraction of sp³-hybridized carbons (Fsp3) is 0.529. The van der Waals surface area contributed by atoms with E-state index in [1.54, 1.807) is 0 Å². The molecular weight excluding hydrogens is 498 g/mol. The van der Waals surface area contributed by atoms with E-state index in [1.165, 1.54) is 63.4 Å². The summed E-state index contributed by atoms with van der Waals surface area (Å²) in [6.45, 7) is 3.51. The minimum Gasteiger partial charge on any atom is -0.378 e. The van der Waals surface area contributed by atoms with Crippen LogP contribution in [-0.4, -0.2) is 47.6 Å². The number of amides is 2. The molecule has 2 aliphatic carbocycles. The molecule has 3 aliphatic rings. The van der Waals surface area contributed by atoms with E-state index in [9.17, 15) is 9.59 Å². The van der Waals surface area contributed by atoms with Crippen LogP contribution in [0.2, 0.25) is 0 Å². The van der Waals surface area contributed by atoms with Crippen LogP contribution in [0.5, 0.6) is 0 Å². The summed E-state index contributed by atoms with van der Waals surface area (Å²) in [7, 11) is 0. The minimum atomic E-state index is 0.121. The zero-order valence-electron chi connectivity index (χ0n) is 23.7. The van der Waals surface area contributed by atoms with Gasteiger partial charge in [0, 0.05) is 48.8 Å². The Labute approximate surface area is 238 Å². The van der Waals surface area contributed by atoms with Gasteiger partial charge in [0.1, 0.15) is 0 Å². The molecule has 3 fully saturated rings. The second-order valence-corrected chi connectivity index (χ2v) is 12.2. The standard InChI is InChI=1S/C34H43N3O3/c38-33(22-25-6-2-1-3-7-25)35-29-16-14-28(15-17-29)27-12-10-26(11-13-27)23-37-24-31(30-8-4-5-9-32(30)37)34(39)36-18-20-40-21-19-36/h4-5,8-9,14-17,24-27H,1-3,6-7,10-13,18-23H2,(H,35,38). The molecule has 212 valence electrons. The normalized spacial score (nSPS) is 22.4. The third-order valence-corrected chi connectivity index (χ3v) is 9.48. The summed E-state index contributed by atoms with van der Waals surface area (Å²) in [5, 5.41) is 4.18. The number of ether oxygens (including phenoxy) is 1. The Morgan fingerprint density at radius 3 is 2.30 bits per heavy atom. The van der Waals surface area contributed by atoms with Gasteiger partial charge in [-0.25, -0.2) is 0 Å². The number of nitrogens with zero attached hydrogens (tertiary/aromatic N) is 2. The van der Waals surface area contributed by atoms with Gasteiger partial charge in [-0.1, -0.05) is 49.6 Å². The molecule has 1 N–H and O–H groups in total. The van der Waals surface area contributed by atoms with Crippen molar-refractivity contribution in [3.05, 3.63) is 65.9 Å². The van der Waals surface area contributed by atoms with E-state index < -0.39 is 0 Å². The monoisotopic (exact) mass is 541 g/mol. The second kappa shape index (κ2) is 12.6. The number of carbonyl (C=O) groups is 2. The molecule has 1 aromatic heterocycles. The highest BCUT2D eigenvalue weighted by Crippen LogP contribution is 2.37. The number of hydrogen-bond acceptors (Lipinski definition) is 3. The van der Waals surface area contributed by atoms with E-state index in [-0.39, 0.29) is 11.8 Å². The number of aromatic nitrogens is 1. The summed E-state index contributed by atoms with van der Waals surface area (Å²) in [5.74, 6) is 2.02. The van der Waals surface area contributed by atoms with Gasteiger partial charge in [-0.2, -0.15) is 0 Å². The van der Waals surface area contributed by atoms with Gasteiger partial charge in [0.05, 0.1) is 18.8 Å². The van der Waals surface area contributed by atoms with Crippen molar-refractivity contribution < 1.29 is 14.3 Å². The Hall–Kier alpha value is -3.12. The second-order valence-electron chi connectivity index (χ2n) is 12.2. The molecule has 2 heterocycles. The van der Waals surface area contributed by atoms with Crippen molar-refractivity contribution >= 4 is 28.4 Å². The summed E-state index contributed by atoms with van der Waals surface area (Å²) >= 11 is 0. The highest BCUT2D eigenvalue weighted by atomic mass is 16.5. The molecule has 1 aliphatic heterocycles. The summed E-state index contributed by atoms with van der Waals surface area (Å²) < 4.78 is 7.77. The van der Waals surface area contributed by atoms with Crippen molar-refractivity contribution in [1.82, 2.24) is 9.47 Å². The van der Waals surface area contributed by atoms with E-state index in [0.717, 1.165) is 28.7 Å². The van der Waals surface area contributed by atoms with Gasteiger partial charge in [0.15, 0.2) is 0 Å². The molecule has 0 bridgehead atoms. The predicted octanol–water partition coefficient (Wildman–Crippen LogP) is 7.00. The number of benzene rings is 2. The lowest BCUT2D eigenvalue weighted by Crippen LogP contribution is -2.40. The fourth-order valence-corrected chi connectivity index (χ4v) is 7.17. The maximum absolute atomic E-state index is 13.3. The van der Waals surface area contributed by atoms with Crippen LogP contribution < -0.4 is 5.32 Å². The van der Waals surface area contributed by atoms with Crippen molar-refractivity contribution in [2.24, 2.45) is 11.8 Å². The maximum Gasteiger partial charge on any atom is 0.256 e. The molecule has 2 aromatic carbocycles. The summed E-state index contributed by atoms with van der Waals surface area (Å²) in [6, 6.07) is 16.9. The zero-order chi connectivity index (χ0) is 27.3. The third kappa shape index (κ3) is 6.27. The van der Waals surface area contributed by atoms with Crippen molar-refractivity contribution in [2.75, 3.05) is 31.6 Å². The molecule has 40 heavy (non-hydrogen) atoms. The SMILES string of the molecule is O=C(CC1CCCCC1)Nc1ccc(C2CCC(Cn3cc(C(=O)N4CCOCC4)c4ccccc43)CC2)cc1. The van der Waals surface area contributed by atoms with E-state index in [0.29, 0.717) is 50.5 Å². The molecule has 0 radical (unpaired) electrons. The summed E-state index contributed by atoms with van der Waals surface area (Å²) in [6.07, 6.45) is 13.7. The van der Waals surface area contributed by atoms with Crippen molar-refractivity contribution in [1.29, 1.82) is 0 Å². The Morgan fingerprint density at radius 2 is 1.55 bits per heavy atom. The molecule has 0 atom stereocenters. The summed E-state index contributed by atoms with van der Waals surface area (Å²) in [4.78, 5) is 27.8. The Bertz CT molecular complexity index is 1290. The van der Waals surface area contributed by atoms with Gasteiger partial charge in [-0.15, -0.1) is 0 Å². The molecule has 6 nitrogen and oxygen atoms in total. The number of morpholine rings is 1. The van der Waals surface area contributed by atoms with Crippen LogP contribution in [0.3, 0.4) is 0 Å². The topological polar surface area (TPSA) is 63.6 Å². The van der Waals surface area contributed by atoms with Crippen LogP contribution in [0, 0.1) is 11.8 Å². The highest BCUT2D eigenvalue weighted by Gasteiger charge is 2.26. The number of hydrogen-bond donors (Lipinski definition) is 1. The molecule has 3 aromatic rings. The van der Waals surface area contributed by atoms with Crippen LogP contribution in [0.4, 0.5) is 5.69 Å². The van der Waals surface area contributed by atoms with E-state index in [1.807, 2.05) is 11.0 Å². The van der Waals surface area contributed by atoms with Gasteiger partial charge in [0.25, 0.3) is 5.91 Å².